The summed E-state index contributed by atoms with van der Waals surface area (Å²) in [6, 6.07) is 3.83. The number of hydrogen-bond donors (Lipinski definition) is 0. The molecule has 0 aromatic carbocycles. The lowest BCUT2D eigenvalue weighted by atomic mass is 9.73. The molecule has 0 amide bonds. The molecule has 0 unspecified atom stereocenters. The molecule has 2 nitrogen and oxygen atoms in total. The lowest BCUT2D eigenvalue weighted by molar-refractivity contribution is 0.0378. The molecule has 0 atom stereocenters. The normalized spacial score (nSPS) is 24.2. The Labute approximate surface area is 159 Å². The van der Waals surface area contributed by atoms with Crippen molar-refractivity contribution in [2.24, 2.45) is 5.92 Å². The zero-order valence-electron chi connectivity index (χ0n) is 17.9. The Kier molecular flexibility index (Phi) is 10.4. The average molecular weight is 366 g/mol. The van der Waals surface area contributed by atoms with E-state index >= 15 is 0 Å². The van der Waals surface area contributed by atoms with E-state index in [-0.39, 0.29) is 0 Å². The van der Waals surface area contributed by atoms with Gasteiger partial charge >= 0.3 is 0 Å². The molecule has 3 heteroatoms. The van der Waals surface area contributed by atoms with Crippen molar-refractivity contribution in [3.05, 3.63) is 0 Å². The van der Waals surface area contributed by atoms with Crippen LogP contribution in [0.15, 0.2) is 0 Å². The SMILES string of the molecule is CCCCC1(N(C)C)CCC(COCC#C[Si](CC)(CC)CC)CC1. The van der Waals surface area contributed by atoms with E-state index in [4.69, 9.17) is 4.74 Å². The smallest absolute Gasteiger partial charge is 0.137 e. The maximum Gasteiger partial charge on any atom is 0.137 e. The summed E-state index contributed by atoms with van der Waals surface area (Å²) in [5, 5.41) is 0. The highest BCUT2D eigenvalue weighted by Gasteiger charge is 2.36. The van der Waals surface area contributed by atoms with Gasteiger partial charge in [0.25, 0.3) is 0 Å². The molecule has 25 heavy (non-hydrogen) atoms. The minimum Gasteiger partial charge on any atom is -0.369 e. The predicted octanol–water partition coefficient (Wildman–Crippen LogP) is 5.73. The van der Waals surface area contributed by atoms with Gasteiger partial charge in [-0.1, -0.05) is 46.5 Å². The monoisotopic (exact) mass is 365 g/mol. The van der Waals surface area contributed by atoms with Crippen molar-refractivity contribution in [3.63, 3.8) is 0 Å². The molecule has 1 rings (SSSR count). The van der Waals surface area contributed by atoms with Crippen molar-refractivity contribution < 1.29 is 4.74 Å². The standard InChI is InChI=1S/C22H43NOSi/c1-7-11-15-22(23(5)6)16-13-21(14-17-22)20-24-18-12-19-25(8-2,9-3)10-4/h21H,7-11,13-18,20H2,1-6H3. The van der Waals surface area contributed by atoms with E-state index in [2.05, 4.69) is 58.2 Å². The van der Waals surface area contributed by atoms with Gasteiger partial charge in [-0.15, -0.1) is 5.54 Å². The zero-order chi connectivity index (χ0) is 18.8. The van der Waals surface area contributed by atoms with Crippen LogP contribution >= 0.6 is 0 Å². The number of ether oxygens (including phenoxy) is 1. The first kappa shape index (κ1) is 22.7. The maximum absolute atomic E-state index is 5.95. The Morgan fingerprint density at radius 2 is 1.64 bits per heavy atom. The Morgan fingerprint density at radius 1 is 1.04 bits per heavy atom. The van der Waals surface area contributed by atoms with E-state index in [1.54, 1.807) is 0 Å². The molecule has 0 bridgehead atoms. The molecule has 1 saturated carbocycles. The number of unbranched alkanes of at least 4 members (excludes halogenated alkanes) is 1. The van der Waals surface area contributed by atoms with Crippen molar-refractivity contribution in [2.75, 3.05) is 27.3 Å². The Bertz CT molecular complexity index is 403. The molecule has 0 heterocycles. The third-order valence-corrected chi connectivity index (χ3v) is 11.7. The molecule has 0 aromatic heterocycles. The highest BCUT2D eigenvalue weighted by Crippen LogP contribution is 2.39. The fourth-order valence-electron chi connectivity index (χ4n) is 4.32. The topological polar surface area (TPSA) is 12.5 Å². The second kappa shape index (κ2) is 11.4. The fraction of sp³-hybridized carbons (Fsp3) is 0.909. The second-order valence-electron chi connectivity index (χ2n) is 8.32. The van der Waals surface area contributed by atoms with Crippen LogP contribution in [0.4, 0.5) is 0 Å². The van der Waals surface area contributed by atoms with Crippen molar-refractivity contribution in [3.8, 4) is 11.5 Å². The van der Waals surface area contributed by atoms with Crippen LogP contribution in [0.25, 0.3) is 0 Å². The van der Waals surface area contributed by atoms with Crippen LogP contribution in [-0.2, 0) is 4.74 Å². The summed E-state index contributed by atoms with van der Waals surface area (Å²) in [5.41, 5.74) is 4.07. The fourth-order valence-corrected chi connectivity index (χ4v) is 6.80. The van der Waals surface area contributed by atoms with E-state index in [1.165, 1.54) is 63.1 Å². The largest absolute Gasteiger partial charge is 0.369 e. The van der Waals surface area contributed by atoms with E-state index in [0.717, 1.165) is 12.5 Å². The summed E-state index contributed by atoms with van der Waals surface area (Å²) in [6.45, 7) is 10.8. The maximum atomic E-state index is 5.95. The van der Waals surface area contributed by atoms with E-state index in [1.807, 2.05) is 0 Å². The molecule has 1 fully saturated rings. The van der Waals surface area contributed by atoms with E-state index in [0.29, 0.717) is 12.1 Å². The third kappa shape index (κ3) is 6.74. The van der Waals surface area contributed by atoms with Gasteiger partial charge in [-0.25, -0.2) is 0 Å². The average Bonchev–Trinajstić information content (AvgIpc) is 2.64. The molecule has 0 N–H and O–H groups in total. The van der Waals surface area contributed by atoms with Crippen molar-refractivity contribution in [1.82, 2.24) is 4.90 Å². The summed E-state index contributed by atoms with van der Waals surface area (Å²) >= 11 is 0. The molecular weight excluding hydrogens is 322 g/mol. The van der Waals surface area contributed by atoms with Gasteiger partial charge in [-0.2, -0.15) is 0 Å². The van der Waals surface area contributed by atoms with Gasteiger partial charge in [0, 0.05) is 5.54 Å². The van der Waals surface area contributed by atoms with Crippen molar-refractivity contribution >= 4 is 8.07 Å². The first-order valence-corrected chi connectivity index (χ1v) is 13.3. The highest BCUT2D eigenvalue weighted by molar-refractivity contribution is 6.87. The van der Waals surface area contributed by atoms with Crippen LogP contribution in [0.1, 0.15) is 72.6 Å². The van der Waals surface area contributed by atoms with Crippen LogP contribution in [-0.4, -0.2) is 45.8 Å². The van der Waals surface area contributed by atoms with Crippen LogP contribution in [0.3, 0.4) is 0 Å². The summed E-state index contributed by atoms with van der Waals surface area (Å²) in [7, 11) is 3.24. The van der Waals surface area contributed by atoms with Crippen LogP contribution in [0.5, 0.6) is 0 Å². The lowest BCUT2D eigenvalue weighted by Gasteiger charge is -2.45. The summed E-state index contributed by atoms with van der Waals surface area (Å²) in [4.78, 5) is 2.50. The molecule has 1 aliphatic rings. The summed E-state index contributed by atoms with van der Waals surface area (Å²) in [5.74, 6) is 4.10. The van der Waals surface area contributed by atoms with E-state index < -0.39 is 8.07 Å². The van der Waals surface area contributed by atoms with E-state index in [9.17, 15) is 0 Å². The minimum absolute atomic E-state index is 0.445. The zero-order valence-corrected chi connectivity index (χ0v) is 18.9. The lowest BCUT2D eigenvalue weighted by Crippen LogP contribution is -2.47. The van der Waals surface area contributed by atoms with Crippen LogP contribution in [0, 0.1) is 17.4 Å². The molecule has 1 aliphatic carbocycles. The molecule has 0 aliphatic heterocycles. The summed E-state index contributed by atoms with van der Waals surface area (Å²) in [6.07, 6.45) is 9.30. The van der Waals surface area contributed by atoms with Gasteiger partial charge in [0.05, 0.1) is 6.61 Å². The second-order valence-corrected chi connectivity index (χ2v) is 13.3. The molecule has 0 saturated heterocycles. The minimum atomic E-state index is -1.30. The van der Waals surface area contributed by atoms with Gasteiger partial charge < -0.3 is 9.64 Å². The molecule has 0 aromatic rings. The third-order valence-electron chi connectivity index (χ3n) is 6.89. The Morgan fingerprint density at radius 3 is 2.12 bits per heavy atom. The van der Waals surface area contributed by atoms with Crippen molar-refractivity contribution in [1.29, 1.82) is 0 Å². The van der Waals surface area contributed by atoms with Gasteiger partial charge in [-0.3, -0.25) is 0 Å². The first-order valence-electron chi connectivity index (χ1n) is 10.7. The van der Waals surface area contributed by atoms with Crippen molar-refractivity contribution in [2.45, 2.75) is 96.3 Å². The number of hydrogen-bond acceptors (Lipinski definition) is 2. The molecule has 0 radical (unpaired) electrons. The first-order chi connectivity index (χ1) is 12.0. The molecule has 146 valence electrons. The number of rotatable bonds is 10. The predicted molar refractivity (Wildman–Crippen MR) is 114 cm³/mol. The van der Waals surface area contributed by atoms with Crippen LogP contribution in [0.2, 0.25) is 18.1 Å². The Balaban J connectivity index is 2.38. The highest BCUT2D eigenvalue weighted by atomic mass is 28.3. The van der Waals surface area contributed by atoms with Gasteiger partial charge in [0.15, 0.2) is 0 Å². The Hall–Kier alpha value is -0.303. The van der Waals surface area contributed by atoms with Gasteiger partial charge in [-0.05, 0) is 70.2 Å². The number of nitrogens with zero attached hydrogens (tertiary/aromatic N) is 1. The van der Waals surface area contributed by atoms with Crippen LogP contribution < -0.4 is 0 Å². The summed E-state index contributed by atoms with van der Waals surface area (Å²) < 4.78 is 5.95. The quantitative estimate of drug-likeness (QED) is 0.278. The van der Waals surface area contributed by atoms with Gasteiger partial charge in [0.2, 0.25) is 0 Å². The van der Waals surface area contributed by atoms with Gasteiger partial charge in [0.1, 0.15) is 14.7 Å². The molecular formula is C22H43NOSi. The molecule has 0 spiro atoms.